The summed E-state index contributed by atoms with van der Waals surface area (Å²) in [7, 11) is 0. The minimum absolute atomic E-state index is 0.169. The molecule has 0 unspecified atom stereocenters. The molecule has 1 heterocycles. The Hall–Kier alpha value is -1.42. The minimum Gasteiger partial charge on any atom is -0.368 e. The SMILES string of the molecule is CC(C)(C)N1CCN(c2ccc(F)cc2C=O)CC1. The highest BCUT2D eigenvalue weighted by Gasteiger charge is 2.26. The Balaban J connectivity index is 2.12. The number of hydrogen-bond donors (Lipinski definition) is 0. The maximum absolute atomic E-state index is 13.1. The molecule has 0 saturated carbocycles. The van der Waals surface area contributed by atoms with Gasteiger partial charge in [0.1, 0.15) is 5.82 Å². The molecule has 1 aromatic rings. The monoisotopic (exact) mass is 264 g/mol. The minimum atomic E-state index is -0.362. The van der Waals surface area contributed by atoms with Gasteiger partial charge < -0.3 is 4.90 Å². The normalized spacial score (nSPS) is 17.6. The lowest BCUT2D eigenvalue weighted by atomic mass is 10.0. The van der Waals surface area contributed by atoms with Crippen LogP contribution in [0.3, 0.4) is 0 Å². The van der Waals surface area contributed by atoms with Gasteiger partial charge in [-0.1, -0.05) is 0 Å². The smallest absolute Gasteiger partial charge is 0.152 e. The van der Waals surface area contributed by atoms with Crippen molar-refractivity contribution in [2.24, 2.45) is 0 Å². The maximum Gasteiger partial charge on any atom is 0.152 e. The number of hydrogen-bond acceptors (Lipinski definition) is 3. The maximum atomic E-state index is 13.1. The molecule has 1 aliphatic rings. The fourth-order valence-corrected chi connectivity index (χ4v) is 2.53. The molecule has 3 nitrogen and oxygen atoms in total. The van der Waals surface area contributed by atoms with Crippen molar-refractivity contribution in [3.63, 3.8) is 0 Å². The molecule has 0 aliphatic carbocycles. The van der Waals surface area contributed by atoms with E-state index in [-0.39, 0.29) is 11.4 Å². The van der Waals surface area contributed by atoms with E-state index in [1.54, 1.807) is 6.07 Å². The van der Waals surface area contributed by atoms with Crippen molar-refractivity contribution >= 4 is 12.0 Å². The molecule has 0 radical (unpaired) electrons. The fraction of sp³-hybridized carbons (Fsp3) is 0.533. The van der Waals surface area contributed by atoms with Gasteiger partial charge in [0.2, 0.25) is 0 Å². The highest BCUT2D eigenvalue weighted by Crippen LogP contribution is 2.24. The van der Waals surface area contributed by atoms with Gasteiger partial charge in [-0.25, -0.2) is 4.39 Å². The molecular weight excluding hydrogens is 243 g/mol. The van der Waals surface area contributed by atoms with Crippen LogP contribution in [-0.2, 0) is 0 Å². The molecule has 1 fully saturated rings. The molecule has 0 spiro atoms. The molecule has 1 aromatic carbocycles. The number of halogens is 1. The van der Waals surface area contributed by atoms with Gasteiger partial charge in [0.15, 0.2) is 6.29 Å². The van der Waals surface area contributed by atoms with E-state index >= 15 is 0 Å². The molecule has 0 atom stereocenters. The van der Waals surface area contributed by atoms with Crippen LogP contribution in [0.5, 0.6) is 0 Å². The molecule has 0 N–H and O–H groups in total. The quantitative estimate of drug-likeness (QED) is 0.767. The average Bonchev–Trinajstić information content (AvgIpc) is 2.37. The van der Waals surface area contributed by atoms with Crippen molar-refractivity contribution in [2.75, 3.05) is 31.1 Å². The molecule has 1 saturated heterocycles. The second-order valence-electron chi connectivity index (χ2n) is 5.97. The van der Waals surface area contributed by atoms with Crippen LogP contribution >= 0.6 is 0 Å². The third-order valence-electron chi connectivity index (χ3n) is 3.69. The summed E-state index contributed by atoms with van der Waals surface area (Å²) in [5, 5.41) is 0. The lowest BCUT2D eigenvalue weighted by molar-refractivity contribution is 0.112. The highest BCUT2D eigenvalue weighted by atomic mass is 19.1. The zero-order valence-electron chi connectivity index (χ0n) is 11.8. The van der Waals surface area contributed by atoms with Crippen LogP contribution in [0.1, 0.15) is 31.1 Å². The van der Waals surface area contributed by atoms with Crippen molar-refractivity contribution in [3.05, 3.63) is 29.6 Å². The Morgan fingerprint density at radius 2 is 1.79 bits per heavy atom. The Kier molecular flexibility index (Phi) is 3.90. The van der Waals surface area contributed by atoms with E-state index in [0.717, 1.165) is 38.2 Å². The first-order chi connectivity index (χ1) is 8.91. The van der Waals surface area contributed by atoms with E-state index in [1.807, 2.05) is 0 Å². The Labute approximate surface area is 114 Å². The molecule has 0 aromatic heterocycles. The van der Waals surface area contributed by atoms with Crippen LogP contribution in [0.4, 0.5) is 10.1 Å². The molecule has 104 valence electrons. The Morgan fingerprint density at radius 3 is 2.32 bits per heavy atom. The van der Waals surface area contributed by atoms with Crippen LogP contribution in [-0.4, -0.2) is 42.9 Å². The van der Waals surface area contributed by atoms with E-state index < -0.39 is 0 Å². The van der Waals surface area contributed by atoms with Gasteiger partial charge in [-0.05, 0) is 39.0 Å². The van der Waals surface area contributed by atoms with E-state index in [1.165, 1.54) is 12.1 Å². The first-order valence-electron chi connectivity index (χ1n) is 6.66. The van der Waals surface area contributed by atoms with Gasteiger partial charge in [-0.15, -0.1) is 0 Å². The molecule has 1 aliphatic heterocycles. The van der Waals surface area contributed by atoms with E-state index in [2.05, 4.69) is 30.6 Å². The topological polar surface area (TPSA) is 23.6 Å². The molecule has 2 rings (SSSR count). The standard InChI is InChI=1S/C15H21FN2O/c1-15(2,3)18-8-6-17(7-9-18)14-5-4-13(16)10-12(14)11-19/h4-5,10-11H,6-9H2,1-3H3. The molecule has 4 heteroatoms. The second-order valence-corrected chi connectivity index (χ2v) is 5.97. The molecule has 19 heavy (non-hydrogen) atoms. The van der Waals surface area contributed by atoms with Crippen LogP contribution in [0.15, 0.2) is 18.2 Å². The second kappa shape index (κ2) is 5.29. The number of benzene rings is 1. The van der Waals surface area contributed by atoms with Gasteiger partial charge in [-0.3, -0.25) is 9.69 Å². The van der Waals surface area contributed by atoms with Gasteiger partial charge >= 0.3 is 0 Å². The first-order valence-corrected chi connectivity index (χ1v) is 6.66. The zero-order chi connectivity index (χ0) is 14.0. The summed E-state index contributed by atoms with van der Waals surface area (Å²) in [6.07, 6.45) is 0.731. The van der Waals surface area contributed by atoms with Crippen molar-refractivity contribution in [3.8, 4) is 0 Å². The fourth-order valence-electron chi connectivity index (χ4n) is 2.53. The van der Waals surface area contributed by atoms with Gasteiger partial charge in [0.05, 0.1) is 0 Å². The van der Waals surface area contributed by atoms with Gasteiger partial charge in [-0.2, -0.15) is 0 Å². The number of nitrogens with zero attached hydrogens (tertiary/aromatic N) is 2. The molecular formula is C15H21FN2O. The largest absolute Gasteiger partial charge is 0.368 e. The summed E-state index contributed by atoms with van der Waals surface area (Å²) in [5.74, 6) is -0.362. The average molecular weight is 264 g/mol. The summed E-state index contributed by atoms with van der Waals surface area (Å²) in [6.45, 7) is 10.3. The lowest BCUT2D eigenvalue weighted by Gasteiger charge is -2.43. The van der Waals surface area contributed by atoms with Crippen LogP contribution in [0.2, 0.25) is 0 Å². The third-order valence-corrected chi connectivity index (χ3v) is 3.69. The van der Waals surface area contributed by atoms with Crippen molar-refractivity contribution < 1.29 is 9.18 Å². The predicted octanol–water partition coefficient (Wildman–Crippen LogP) is 2.56. The summed E-state index contributed by atoms with van der Waals surface area (Å²) in [5.41, 5.74) is 1.44. The number of piperazine rings is 1. The summed E-state index contributed by atoms with van der Waals surface area (Å²) in [4.78, 5) is 15.6. The van der Waals surface area contributed by atoms with Gasteiger partial charge in [0, 0.05) is 43.0 Å². The van der Waals surface area contributed by atoms with E-state index in [9.17, 15) is 9.18 Å². The highest BCUT2D eigenvalue weighted by molar-refractivity contribution is 5.84. The number of rotatable bonds is 2. The molecule has 0 amide bonds. The number of aldehydes is 1. The zero-order valence-corrected chi connectivity index (χ0v) is 11.8. The molecule has 0 bridgehead atoms. The first kappa shape index (κ1) is 14.0. The van der Waals surface area contributed by atoms with Crippen molar-refractivity contribution in [1.29, 1.82) is 0 Å². The number of carbonyl (C=O) groups excluding carboxylic acids is 1. The van der Waals surface area contributed by atoms with Crippen LogP contribution < -0.4 is 4.90 Å². The van der Waals surface area contributed by atoms with Gasteiger partial charge in [0.25, 0.3) is 0 Å². The lowest BCUT2D eigenvalue weighted by Crippen LogP contribution is -2.53. The van der Waals surface area contributed by atoms with E-state index in [4.69, 9.17) is 0 Å². The van der Waals surface area contributed by atoms with Crippen molar-refractivity contribution in [2.45, 2.75) is 26.3 Å². The predicted molar refractivity (Wildman–Crippen MR) is 75.3 cm³/mol. The summed E-state index contributed by atoms with van der Waals surface area (Å²) in [6, 6.07) is 4.42. The van der Waals surface area contributed by atoms with Crippen LogP contribution in [0, 0.1) is 5.82 Å². The van der Waals surface area contributed by atoms with Crippen LogP contribution in [0.25, 0.3) is 0 Å². The third kappa shape index (κ3) is 3.13. The van der Waals surface area contributed by atoms with Crippen molar-refractivity contribution in [1.82, 2.24) is 4.90 Å². The Bertz CT molecular complexity index is 460. The number of anilines is 1. The summed E-state index contributed by atoms with van der Waals surface area (Å²) < 4.78 is 13.1. The number of carbonyl (C=O) groups is 1. The van der Waals surface area contributed by atoms with E-state index in [0.29, 0.717) is 5.56 Å². The summed E-state index contributed by atoms with van der Waals surface area (Å²) >= 11 is 0. The Morgan fingerprint density at radius 1 is 1.16 bits per heavy atom.